The average molecular weight is 403 g/mol. The number of aryl methyl sites for hydroxylation is 1. The predicted molar refractivity (Wildman–Crippen MR) is 113 cm³/mol. The van der Waals surface area contributed by atoms with Crippen molar-refractivity contribution in [2.75, 3.05) is 7.11 Å². The van der Waals surface area contributed by atoms with Crippen LogP contribution in [0.5, 0.6) is 0 Å². The van der Waals surface area contributed by atoms with E-state index in [0.717, 1.165) is 19.3 Å². The number of aliphatic carboxylic acids is 1. The number of hydrogen-bond donors (Lipinski definition) is 3. The van der Waals surface area contributed by atoms with Gasteiger partial charge in [-0.25, -0.2) is 0 Å². The lowest BCUT2D eigenvalue weighted by atomic mass is 9.84. The molecule has 5 heteroatoms. The van der Waals surface area contributed by atoms with Gasteiger partial charge in [-0.2, -0.15) is 0 Å². The summed E-state index contributed by atoms with van der Waals surface area (Å²) in [6, 6.07) is 10.3. The molecule has 3 atom stereocenters. The fourth-order valence-corrected chi connectivity index (χ4v) is 4.07. The van der Waals surface area contributed by atoms with Crippen molar-refractivity contribution in [2.45, 2.75) is 69.5 Å². The number of carbonyl (C=O) groups is 1. The molecule has 1 fully saturated rings. The van der Waals surface area contributed by atoms with Gasteiger partial charge in [0.2, 0.25) is 0 Å². The molecular weight excluding hydrogens is 368 g/mol. The maximum atomic E-state index is 11.2. The molecule has 160 valence electrons. The van der Waals surface area contributed by atoms with Crippen LogP contribution in [0.1, 0.15) is 56.9 Å². The molecule has 1 saturated carbocycles. The minimum Gasteiger partial charge on any atom is -0.501 e. The Kier molecular flexibility index (Phi) is 9.42. The number of unbranched alkanes of at least 4 members (excludes halogenated alkanes) is 2. The van der Waals surface area contributed by atoms with Crippen LogP contribution in [0.25, 0.3) is 0 Å². The summed E-state index contributed by atoms with van der Waals surface area (Å²) in [5.41, 5.74) is 0.259. The van der Waals surface area contributed by atoms with Crippen molar-refractivity contribution in [2.24, 2.45) is 5.92 Å². The van der Waals surface area contributed by atoms with Crippen molar-refractivity contribution in [1.29, 1.82) is 0 Å². The lowest BCUT2D eigenvalue weighted by Gasteiger charge is -2.31. The van der Waals surface area contributed by atoms with Crippen molar-refractivity contribution in [3.63, 3.8) is 0 Å². The minimum absolute atomic E-state index is 0.148. The second-order valence-electron chi connectivity index (χ2n) is 7.84. The quantitative estimate of drug-likeness (QED) is 0.276. The van der Waals surface area contributed by atoms with Gasteiger partial charge in [-0.3, -0.25) is 4.79 Å². The van der Waals surface area contributed by atoms with Crippen LogP contribution in [0.15, 0.2) is 54.3 Å². The molecule has 1 aliphatic carbocycles. The SMILES string of the molecule is COC(=CCCCc1ccccc1)[C@@H]1[C@@H](O)CCC1(O)CC=CCCCC(=O)O. The number of carboxylic acids is 1. The van der Waals surface area contributed by atoms with Gasteiger partial charge >= 0.3 is 5.97 Å². The van der Waals surface area contributed by atoms with E-state index in [1.165, 1.54) is 5.56 Å². The van der Waals surface area contributed by atoms with Gasteiger partial charge in [-0.05, 0) is 63.0 Å². The molecule has 29 heavy (non-hydrogen) atoms. The maximum absolute atomic E-state index is 11.2. The molecule has 1 aromatic carbocycles. The Morgan fingerprint density at radius 2 is 1.97 bits per heavy atom. The summed E-state index contributed by atoms with van der Waals surface area (Å²) in [5.74, 6) is -0.573. The summed E-state index contributed by atoms with van der Waals surface area (Å²) in [5, 5.41) is 30.3. The lowest BCUT2D eigenvalue weighted by Crippen LogP contribution is -2.38. The maximum Gasteiger partial charge on any atom is 0.303 e. The highest BCUT2D eigenvalue weighted by molar-refractivity contribution is 5.66. The predicted octanol–water partition coefficient (Wildman–Crippen LogP) is 4.24. The zero-order chi connectivity index (χ0) is 21.1. The largest absolute Gasteiger partial charge is 0.501 e. The van der Waals surface area contributed by atoms with Crippen molar-refractivity contribution < 1.29 is 24.9 Å². The Hall–Kier alpha value is -2.11. The summed E-state index contributed by atoms with van der Waals surface area (Å²) < 4.78 is 5.58. The van der Waals surface area contributed by atoms with Crippen LogP contribution in [-0.4, -0.2) is 40.1 Å². The fraction of sp³-hybridized carbons (Fsp3) is 0.542. The number of ether oxygens (including phenoxy) is 1. The van der Waals surface area contributed by atoms with Gasteiger partial charge < -0.3 is 20.1 Å². The second kappa shape index (κ2) is 11.8. The Balaban J connectivity index is 1.91. The van der Waals surface area contributed by atoms with Crippen LogP contribution in [0.4, 0.5) is 0 Å². The Morgan fingerprint density at radius 1 is 1.21 bits per heavy atom. The van der Waals surface area contributed by atoms with Crippen LogP contribution >= 0.6 is 0 Å². The zero-order valence-corrected chi connectivity index (χ0v) is 17.3. The van der Waals surface area contributed by atoms with E-state index in [1.54, 1.807) is 7.11 Å². The van der Waals surface area contributed by atoms with E-state index in [2.05, 4.69) is 12.1 Å². The number of rotatable bonds is 12. The van der Waals surface area contributed by atoms with Crippen molar-refractivity contribution >= 4 is 5.97 Å². The fourth-order valence-electron chi connectivity index (χ4n) is 4.07. The molecule has 0 spiro atoms. The number of benzene rings is 1. The van der Waals surface area contributed by atoms with Crippen molar-refractivity contribution in [3.8, 4) is 0 Å². The normalized spacial score (nSPS) is 24.9. The van der Waals surface area contributed by atoms with Crippen LogP contribution in [0.3, 0.4) is 0 Å². The van der Waals surface area contributed by atoms with E-state index in [9.17, 15) is 15.0 Å². The van der Waals surface area contributed by atoms with E-state index in [1.807, 2.05) is 36.4 Å². The van der Waals surface area contributed by atoms with E-state index in [0.29, 0.717) is 37.9 Å². The van der Waals surface area contributed by atoms with Gasteiger partial charge in [0.1, 0.15) is 5.76 Å². The molecule has 1 unspecified atom stereocenters. The van der Waals surface area contributed by atoms with Gasteiger partial charge in [-0.1, -0.05) is 42.5 Å². The number of methoxy groups -OCH3 is 1. The highest BCUT2D eigenvalue weighted by atomic mass is 16.5. The van der Waals surface area contributed by atoms with Crippen molar-refractivity contribution in [1.82, 2.24) is 0 Å². The highest BCUT2D eigenvalue weighted by Crippen LogP contribution is 2.43. The van der Waals surface area contributed by atoms with Crippen LogP contribution in [-0.2, 0) is 16.0 Å². The first-order valence-corrected chi connectivity index (χ1v) is 10.5. The Labute approximate surface area is 173 Å². The zero-order valence-electron chi connectivity index (χ0n) is 17.3. The molecule has 0 aromatic heterocycles. The number of carboxylic acid groups (broad SMARTS) is 1. The van der Waals surface area contributed by atoms with Gasteiger partial charge in [0.05, 0.1) is 24.7 Å². The third-order valence-corrected chi connectivity index (χ3v) is 5.64. The molecule has 5 nitrogen and oxygen atoms in total. The Morgan fingerprint density at radius 3 is 2.66 bits per heavy atom. The van der Waals surface area contributed by atoms with Gasteiger partial charge in [0.25, 0.3) is 0 Å². The third kappa shape index (κ3) is 7.33. The first kappa shape index (κ1) is 23.2. The van der Waals surface area contributed by atoms with Gasteiger partial charge in [0.15, 0.2) is 0 Å². The number of aliphatic hydroxyl groups excluding tert-OH is 1. The molecule has 1 aromatic rings. The lowest BCUT2D eigenvalue weighted by molar-refractivity contribution is -0.137. The molecule has 3 N–H and O–H groups in total. The minimum atomic E-state index is -1.04. The molecule has 0 amide bonds. The number of allylic oxidation sites excluding steroid dienone is 2. The molecule has 0 saturated heterocycles. The number of aliphatic hydroxyl groups is 2. The second-order valence-corrected chi connectivity index (χ2v) is 7.84. The van der Waals surface area contributed by atoms with E-state index >= 15 is 0 Å². The molecule has 2 rings (SSSR count). The Bertz CT molecular complexity index is 682. The number of hydrogen-bond acceptors (Lipinski definition) is 4. The summed E-state index contributed by atoms with van der Waals surface area (Å²) in [6.07, 6.45) is 10.8. The smallest absolute Gasteiger partial charge is 0.303 e. The van der Waals surface area contributed by atoms with Gasteiger partial charge in [-0.15, -0.1) is 0 Å². The summed E-state index contributed by atoms with van der Waals surface area (Å²) in [7, 11) is 1.59. The molecule has 0 radical (unpaired) electrons. The summed E-state index contributed by atoms with van der Waals surface area (Å²) >= 11 is 0. The average Bonchev–Trinajstić information content (AvgIpc) is 3.00. The van der Waals surface area contributed by atoms with E-state index in [4.69, 9.17) is 9.84 Å². The molecular formula is C24H34O5. The monoisotopic (exact) mass is 402 g/mol. The van der Waals surface area contributed by atoms with Crippen LogP contribution < -0.4 is 0 Å². The molecule has 0 heterocycles. The molecule has 0 aliphatic heterocycles. The van der Waals surface area contributed by atoms with Crippen LogP contribution in [0.2, 0.25) is 0 Å². The third-order valence-electron chi connectivity index (χ3n) is 5.64. The van der Waals surface area contributed by atoms with Gasteiger partial charge in [0, 0.05) is 6.42 Å². The van der Waals surface area contributed by atoms with Crippen LogP contribution in [0, 0.1) is 5.92 Å². The first-order chi connectivity index (χ1) is 14.0. The summed E-state index contributed by atoms with van der Waals surface area (Å²) in [4.78, 5) is 10.6. The van der Waals surface area contributed by atoms with E-state index < -0.39 is 23.6 Å². The first-order valence-electron chi connectivity index (χ1n) is 10.5. The molecule has 0 bridgehead atoms. The van der Waals surface area contributed by atoms with E-state index in [-0.39, 0.29) is 6.42 Å². The van der Waals surface area contributed by atoms with Crippen molar-refractivity contribution in [3.05, 3.63) is 59.9 Å². The highest BCUT2D eigenvalue weighted by Gasteiger charge is 2.48. The topological polar surface area (TPSA) is 87.0 Å². The summed E-state index contributed by atoms with van der Waals surface area (Å²) in [6.45, 7) is 0. The standard InChI is InChI=1S/C24H34O5/c1-29-21(14-9-8-13-19-11-5-4-6-12-19)23-20(25)16-18-24(23,28)17-10-3-2-7-15-22(26)27/h3-6,10-12,14,20,23,25,28H,2,7-9,13,15-18H2,1H3,(H,26,27)/t20-,23-,24?/m0/s1. The molecule has 1 aliphatic rings.